The molecule has 3 rings (SSSR count). The molecular weight excluding hydrogens is 1120 g/mol. The van der Waals surface area contributed by atoms with Crippen LogP contribution in [-0.2, 0) is 54.3 Å². The van der Waals surface area contributed by atoms with Crippen molar-refractivity contribution in [2.45, 2.75) is 202 Å². The second kappa shape index (κ2) is 35.4. The number of nitrogens with two attached hydrogens (primary N) is 1. The number of aliphatic hydroxyl groups is 1. The number of urea groups is 1. The van der Waals surface area contributed by atoms with Crippen LogP contribution < -0.4 is 27.0 Å². The number of ether oxygens (including phenoxy) is 4. The summed E-state index contributed by atoms with van der Waals surface area (Å²) in [6.07, 6.45) is -1.37. The molecule has 1 heterocycles. The molecule has 87 heavy (non-hydrogen) atoms. The fraction of sp³-hybridized carbons (Fsp3) is 0.677. The summed E-state index contributed by atoms with van der Waals surface area (Å²) in [4.78, 5) is 127. The van der Waals surface area contributed by atoms with E-state index in [0.29, 0.717) is 43.5 Å². The van der Waals surface area contributed by atoms with Gasteiger partial charge in [0.15, 0.2) is 5.78 Å². The molecule has 1 aliphatic heterocycles. The van der Waals surface area contributed by atoms with Crippen molar-refractivity contribution in [1.82, 2.24) is 30.7 Å². The summed E-state index contributed by atoms with van der Waals surface area (Å²) in [7, 11) is 6.15. The van der Waals surface area contributed by atoms with E-state index >= 15 is 0 Å². The Balaban J connectivity index is 1.71. The van der Waals surface area contributed by atoms with Crippen molar-refractivity contribution in [3.63, 3.8) is 0 Å². The number of aliphatic hydroxyl groups excluding tert-OH is 1. The molecule has 0 radical (unpaired) electrons. The minimum Gasteiger partial charge on any atom is -0.445 e. The Morgan fingerprint density at radius 1 is 0.747 bits per heavy atom. The summed E-state index contributed by atoms with van der Waals surface area (Å²) in [5, 5.41) is 21.9. The molecule has 0 unspecified atom stereocenters. The van der Waals surface area contributed by atoms with Crippen molar-refractivity contribution in [2.24, 2.45) is 47.2 Å². The summed E-state index contributed by atoms with van der Waals surface area (Å²) in [5.74, 6) is -5.16. The first kappa shape index (κ1) is 74.6. The number of benzene rings is 2. The summed E-state index contributed by atoms with van der Waals surface area (Å²) in [5.41, 5.74) is 6.12. The van der Waals surface area contributed by atoms with Crippen molar-refractivity contribution in [1.29, 1.82) is 0 Å². The Hall–Kier alpha value is -6.65. The molecule has 0 bridgehead atoms. The predicted octanol–water partition coefficient (Wildman–Crippen LogP) is 8.18. The summed E-state index contributed by atoms with van der Waals surface area (Å²) < 4.78 is 23.2. The number of Topliss-reactive ketones (excluding diaryl/α,β-unsaturated/α-hetero) is 2. The van der Waals surface area contributed by atoms with Gasteiger partial charge < -0.3 is 60.9 Å². The van der Waals surface area contributed by atoms with E-state index in [4.69, 9.17) is 24.7 Å². The highest BCUT2D eigenvalue weighted by Crippen LogP contribution is 2.33. The lowest BCUT2D eigenvalue weighted by Gasteiger charge is -2.41. The third kappa shape index (κ3) is 22.8. The SMILES string of the molecule is CC[C@H](C)[C@@H]([C@@H](CC(=O)N1CCC[C@H]1[C@H](OC)[C@@H](C)C(=O)C[C@H](C)[C@@H](O)c1ccccc1)OC)N(C)C(=O)[C@@H](NC(=O)[C@H](C(C)C)N(C)C(=O)OCc1ccc(NC(=O)[C@H](CCCNC(N)=O)CC(=O)[C@@H](NC(=O)OC(C)(C)C)C(C)C)cc1)C(C)C. The van der Waals surface area contributed by atoms with Crippen LogP contribution in [0.3, 0.4) is 0 Å². The number of nitrogens with zero attached hydrogens (tertiary/aromatic N) is 3. The highest BCUT2D eigenvalue weighted by atomic mass is 16.6. The second-order valence-corrected chi connectivity index (χ2v) is 25.5. The highest BCUT2D eigenvalue weighted by Gasteiger charge is 2.44. The number of rotatable bonds is 34. The number of carbonyl (C=O) groups is 9. The zero-order valence-corrected chi connectivity index (χ0v) is 54.8. The number of alkyl carbamates (subject to hydrolysis) is 1. The molecule has 1 fully saturated rings. The van der Waals surface area contributed by atoms with Crippen LogP contribution in [0.4, 0.5) is 20.1 Å². The number of amides is 8. The van der Waals surface area contributed by atoms with E-state index in [1.807, 2.05) is 71.9 Å². The average Bonchev–Trinajstić information content (AvgIpc) is 2.33. The number of methoxy groups -OCH3 is 2. The Kier molecular flexibility index (Phi) is 30.3. The van der Waals surface area contributed by atoms with Crippen molar-refractivity contribution < 1.29 is 67.2 Å². The second-order valence-electron chi connectivity index (χ2n) is 25.5. The zero-order valence-electron chi connectivity index (χ0n) is 54.8. The molecule has 488 valence electrons. The van der Waals surface area contributed by atoms with Gasteiger partial charge in [0.1, 0.15) is 30.1 Å². The summed E-state index contributed by atoms with van der Waals surface area (Å²) >= 11 is 0. The first-order chi connectivity index (χ1) is 40.8. The Labute approximate surface area is 516 Å². The molecule has 22 nitrogen and oxygen atoms in total. The monoisotopic (exact) mass is 1220 g/mol. The molecule has 1 saturated heterocycles. The third-order valence-electron chi connectivity index (χ3n) is 16.5. The molecule has 0 saturated carbocycles. The molecule has 2 aromatic rings. The Bertz CT molecular complexity index is 2560. The molecule has 22 heteroatoms. The van der Waals surface area contributed by atoms with Gasteiger partial charge in [-0.1, -0.05) is 118 Å². The molecular formula is C65H104N8O14. The number of likely N-dealkylation sites (tertiary alicyclic amines) is 1. The predicted molar refractivity (Wildman–Crippen MR) is 333 cm³/mol. The van der Waals surface area contributed by atoms with Gasteiger partial charge in [0.05, 0.1) is 42.9 Å². The third-order valence-corrected chi connectivity index (χ3v) is 16.5. The lowest BCUT2D eigenvalue weighted by atomic mass is 9.85. The smallest absolute Gasteiger partial charge is 0.410 e. The molecule has 2 aromatic carbocycles. The van der Waals surface area contributed by atoms with Crippen LogP contribution in [0.25, 0.3) is 0 Å². The molecule has 0 spiro atoms. The normalized spacial score (nSPS) is 17.3. The molecule has 1 aliphatic rings. The van der Waals surface area contributed by atoms with Gasteiger partial charge in [-0.05, 0) is 99.3 Å². The Morgan fingerprint density at radius 3 is 1.91 bits per heavy atom. The maximum absolute atomic E-state index is 14.8. The summed E-state index contributed by atoms with van der Waals surface area (Å²) in [6, 6.07) is 11.0. The van der Waals surface area contributed by atoms with Gasteiger partial charge in [-0.2, -0.15) is 0 Å². The lowest BCUT2D eigenvalue weighted by Crippen LogP contribution is -2.60. The van der Waals surface area contributed by atoms with Crippen molar-refractivity contribution in [3.05, 3.63) is 65.7 Å². The van der Waals surface area contributed by atoms with Crippen LogP contribution >= 0.6 is 0 Å². The molecule has 0 aromatic heterocycles. The van der Waals surface area contributed by atoms with Crippen LogP contribution in [-0.4, -0.2) is 163 Å². The maximum atomic E-state index is 14.8. The fourth-order valence-corrected chi connectivity index (χ4v) is 11.4. The number of ketones is 2. The van der Waals surface area contributed by atoms with E-state index in [0.717, 1.165) is 5.56 Å². The van der Waals surface area contributed by atoms with E-state index in [1.165, 1.54) is 19.1 Å². The van der Waals surface area contributed by atoms with E-state index in [2.05, 4.69) is 21.3 Å². The molecule has 12 atom stereocenters. The van der Waals surface area contributed by atoms with Crippen molar-refractivity contribution in [3.8, 4) is 0 Å². The standard InChI is InChI=1S/C65H104N8O14/c1-18-41(8)56(51(84-16)36-52(76)73-33-23-27-48(73)58(85-17)43(10)49(74)34-42(9)57(77)45-24-20-19-21-25-45)71(14)61(80)54(39(4)5)69-60(79)55(40(6)7)72(15)64(83)86-37-44-28-30-47(31-29-44)68-59(78)46(26-22-32-67-62(66)81)35-50(75)53(38(2)3)70-63(82)87-65(11,12)13/h19-21,24-25,28-31,38-43,46,48,51,53-58,77H,18,22-23,26-27,32-37H2,1-17H3,(H,68,78)(H,69,79)(H,70,82)(H3,66,67,81)/t41-,42-,43-,46+,48-,51+,53-,54-,55-,56-,57+,58+/m0/s1. The minimum absolute atomic E-state index is 0.0672. The number of carbonyl (C=O) groups excluding carboxylic acids is 9. The quantitative estimate of drug-likeness (QED) is 0.0360. The van der Waals surface area contributed by atoms with Crippen LogP contribution in [0.5, 0.6) is 0 Å². The molecule has 0 aliphatic carbocycles. The number of primary amides is 1. The van der Waals surface area contributed by atoms with E-state index in [-0.39, 0.29) is 74.1 Å². The lowest BCUT2D eigenvalue weighted by molar-refractivity contribution is -0.148. The minimum atomic E-state index is -1.06. The number of anilines is 1. The highest BCUT2D eigenvalue weighted by molar-refractivity contribution is 5.97. The topological polar surface area (TPSA) is 295 Å². The van der Waals surface area contributed by atoms with Gasteiger partial charge in [0, 0.05) is 71.8 Å². The number of nitrogens with one attached hydrogen (secondary N) is 4. The largest absolute Gasteiger partial charge is 0.445 e. The molecule has 8 amide bonds. The zero-order chi connectivity index (χ0) is 65.6. The van der Waals surface area contributed by atoms with Gasteiger partial charge in [-0.25, -0.2) is 14.4 Å². The van der Waals surface area contributed by atoms with Gasteiger partial charge in [0.25, 0.3) is 0 Å². The Morgan fingerprint density at radius 2 is 1.37 bits per heavy atom. The van der Waals surface area contributed by atoms with E-state index in [9.17, 15) is 48.3 Å². The van der Waals surface area contributed by atoms with Gasteiger partial charge >= 0.3 is 18.2 Å². The first-order valence-electron chi connectivity index (χ1n) is 30.8. The maximum Gasteiger partial charge on any atom is 0.410 e. The summed E-state index contributed by atoms with van der Waals surface area (Å²) in [6.45, 7) is 23.9. The van der Waals surface area contributed by atoms with E-state index < -0.39 is 114 Å². The number of hydrogen-bond acceptors (Lipinski definition) is 14. The first-order valence-corrected chi connectivity index (χ1v) is 30.8. The van der Waals surface area contributed by atoms with Crippen LogP contribution in [0.15, 0.2) is 54.6 Å². The van der Waals surface area contributed by atoms with Gasteiger partial charge in [-0.15, -0.1) is 0 Å². The van der Waals surface area contributed by atoms with Crippen molar-refractivity contribution >= 4 is 59.1 Å². The number of likely N-dealkylation sites (N-methyl/N-ethyl adjacent to an activating group) is 2. The van der Waals surface area contributed by atoms with Gasteiger partial charge in [-0.3, -0.25) is 33.7 Å². The van der Waals surface area contributed by atoms with Crippen LogP contribution in [0.1, 0.15) is 159 Å². The molecule has 7 N–H and O–H groups in total. The van der Waals surface area contributed by atoms with Crippen molar-refractivity contribution in [2.75, 3.05) is 46.7 Å². The number of hydrogen-bond donors (Lipinski definition) is 6. The van der Waals surface area contributed by atoms with Crippen LogP contribution in [0, 0.1) is 41.4 Å². The van der Waals surface area contributed by atoms with E-state index in [1.54, 1.807) is 96.7 Å². The fourth-order valence-electron chi connectivity index (χ4n) is 11.4. The average molecular weight is 1220 g/mol. The van der Waals surface area contributed by atoms with Gasteiger partial charge in [0.2, 0.25) is 23.6 Å². The van der Waals surface area contributed by atoms with Crippen LogP contribution in [0.2, 0.25) is 0 Å².